The zero-order chi connectivity index (χ0) is 11.3. The van der Waals surface area contributed by atoms with Crippen molar-refractivity contribution in [3.8, 4) is 0 Å². The number of hydrogen-bond donors (Lipinski definition) is 1. The molecule has 0 amide bonds. The molecule has 2 atom stereocenters. The van der Waals surface area contributed by atoms with Crippen LogP contribution in [0.1, 0.15) is 45.2 Å². The Labute approximate surface area is 97.8 Å². The van der Waals surface area contributed by atoms with Crippen LogP contribution in [0.15, 0.2) is 24.3 Å². The molecule has 0 aliphatic carbocycles. The summed E-state index contributed by atoms with van der Waals surface area (Å²) in [7, 11) is 0. The molecule has 0 unspecified atom stereocenters. The molecule has 0 heterocycles. The first-order valence-electron chi connectivity index (χ1n) is 5.68. The Morgan fingerprint density at radius 1 is 1.13 bits per heavy atom. The summed E-state index contributed by atoms with van der Waals surface area (Å²) in [6.07, 6.45) is 2.26. The predicted octanol–water partition coefficient (Wildman–Crippen LogP) is 4.18. The van der Waals surface area contributed by atoms with Crippen molar-refractivity contribution < 1.29 is 0 Å². The minimum absolute atomic E-state index is 0.442. The molecule has 0 saturated heterocycles. The average Bonchev–Trinajstić information content (AvgIpc) is 2.27. The van der Waals surface area contributed by atoms with Crippen molar-refractivity contribution in [3.05, 3.63) is 34.9 Å². The van der Waals surface area contributed by atoms with Gasteiger partial charge in [-0.2, -0.15) is 0 Å². The molecule has 0 spiro atoms. The van der Waals surface area contributed by atoms with E-state index in [4.69, 9.17) is 11.6 Å². The summed E-state index contributed by atoms with van der Waals surface area (Å²) in [5.74, 6) is 0. The van der Waals surface area contributed by atoms with Crippen LogP contribution >= 0.6 is 11.6 Å². The second-order valence-corrected chi connectivity index (χ2v) is 4.42. The first-order valence-corrected chi connectivity index (χ1v) is 6.06. The number of hydrogen-bond acceptors (Lipinski definition) is 1. The maximum atomic E-state index is 5.87. The van der Waals surface area contributed by atoms with E-state index in [0.29, 0.717) is 12.1 Å². The molecule has 15 heavy (non-hydrogen) atoms. The van der Waals surface area contributed by atoms with Crippen molar-refractivity contribution in [1.82, 2.24) is 5.32 Å². The molecule has 84 valence electrons. The van der Waals surface area contributed by atoms with E-state index < -0.39 is 0 Å². The summed E-state index contributed by atoms with van der Waals surface area (Å²) < 4.78 is 0. The van der Waals surface area contributed by atoms with Gasteiger partial charge in [-0.25, -0.2) is 0 Å². The van der Waals surface area contributed by atoms with E-state index in [-0.39, 0.29) is 0 Å². The number of rotatable bonds is 5. The van der Waals surface area contributed by atoms with E-state index in [9.17, 15) is 0 Å². The molecule has 1 aromatic carbocycles. The minimum Gasteiger partial charge on any atom is -0.307 e. The van der Waals surface area contributed by atoms with Crippen molar-refractivity contribution in [2.75, 3.05) is 0 Å². The molecule has 0 aliphatic rings. The van der Waals surface area contributed by atoms with Gasteiger partial charge in [-0.15, -0.1) is 0 Å². The van der Waals surface area contributed by atoms with Crippen LogP contribution in [0.2, 0.25) is 5.02 Å². The van der Waals surface area contributed by atoms with Crippen LogP contribution in [0.25, 0.3) is 0 Å². The molecule has 0 aromatic heterocycles. The van der Waals surface area contributed by atoms with Crippen molar-refractivity contribution >= 4 is 11.6 Å². The number of benzene rings is 1. The van der Waals surface area contributed by atoms with Gasteiger partial charge in [0.05, 0.1) is 0 Å². The SMILES string of the molecule is CC[C@@H](C)N[C@H](CC)c1ccc(Cl)cc1. The third-order valence-corrected chi connectivity index (χ3v) is 3.03. The van der Waals surface area contributed by atoms with Crippen LogP contribution in [0, 0.1) is 0 Å². The third-order valence-electron chi connectivity index (χ3n) is 2.78. The number of halogens is 1. The van der Waals surface area contributed by atoms with Crippen LogP contribution in [0.5, 0.6) is 0 Å². The lowest BCUT2D eigenvalue weighted by Gasteiger charge is -2.21. The quantitative estimate of drug-likeness (QED) is 0.793. The minimum atomic E-state index is 0.442. The fourth-order valence-electron chi connectivity index (χ4n) is 1.61. The maximum Gasteiger partial charge on any atom is 0.0406 e. The standard InChI is InChI=1S/C13H20ClN/c1-4-10(3)15-13(5-2)11-6-8-12(14)9-7-11/h6-10,13,15H,4-5H2,1-3H3/t10-,13-/m1/s1. The predicted molar refractivity (Wildman–Crippen MR) is 67.4 cm³/mol. The lowest BCUT2D eigenvalue weighted by Crippen LogP contribution is -2.29. The highest BCUT2D eigenvalue weighted by Crippen LogP contribution is 2.19. The van der Waals surface area contributed by atoms with Gasteiger partial charge in [-0.3, -0.25) is 0 Å². The van der Waals surface area contributed by atoms with Crippen LogP contribution in [0.3, 0.4) is 0 Å². The second kappa shape index (κ2) is 6.14. The maximum absolute atomic E-state index is 5.87. The summed E-state index contributed by atoms with van der Waals surface area (Å²) in [6, 6.07) is 9.12. The molecule has 0 radical (unpaired) electrons. The smallest absolute Gasteiger partial charge is 0.0406 e. The molecule has 0 bridgehead atoms. The Kier molecular flexibility index (Phi) is 5.13. The third kappa shape index (κ3) is 3.84. The average molecular weight is 226 g/mol. The Morgan fingerprint density at radius 3 is 2.20 bits per heavy atom. The molecule has 1 rings (SSSR count). The van der Waals surface area contributed by atoms with Crippen molar-refractivity contribution in [1.29, 1.82) is 0 Å². The second-order valence-electron chi connectivity index (χ2n) is 3.99. The highest BCUT2D eigenvalue weighted by atomic mass is 35.5. The van der Waals surface area contributed by atoms with Crippen LogP contribution in [-0.4, -0.2) is 6.04 Å². The lowest BCUT2D eigenvalue weighted by molar-refractivity contribution is 0.437. The normalized spacial score (nSPS) is 14.9. The van der Waals surface area contributed by atoms with Gasteiger partial charge in [-0.05, 0) is 37.5 Å². The highest BCUT2D eigenvalue weighted by Gasteiger charge is 2.10. The van der Waals surface area contributed by atoms with Gasteiger partial charge in [-0.1, -0.05) is 37.6 Å². The summed E-state index contributed by atoms with van der Waals surface area (Å²) in [6.45, 7) is 6.62. The molecular formula is C13H20ClN. The Bertz CT molecular complexity index is 281. The van der Waals surface area contributed by atoms with Crippen LogP contribution in [0.4, 0.5) is 0 Å². The van der Waals surface area contributed by atoms with Crippen LogP contribution in [-0.2, 0) is 0 Å². The fourth-order valence-corrected chi connectivity index (χ4v) is 1.73. The summed E-state index contributed by atoms with van der Waals surface area (Å²) in [5, 5.41) is 4.41. The first kappa shape index (κ1) is 12.5. The van der Waals surface area contributed by atoms with Crippen LogP contribution < -0.4 is 5.32 Å². The highest BCUT2D eigenvalue weighted by molar-refractivity contribution is 6.30. The van der Waals surface area contributed by atoms with E-state index in [1.807, 2.05) is 12.1 Å². The molecule has 0 saturated carbocycles. The van der Waals surface area contributed by atoms with E-state index in [1.165, 1.54) is 5.56 Å². The first-order chi connectivity index (χ1) is 7.17. The molecule has 1 nitrogen and oxygen atoms in total. The Hall–Kier alpha value is -0.530. The monoisotopic (exact) mass is 225 g/mol. The van der Waals surface area contributed by atoms with E-state index in [2.05, 4.69) is 38.2 Å². The molecule has 1 N–H and O–H groups in total. The molecule has 0 fully saturated rings. The molecule has 2 heteroatoms. The number of nitrogens with one attached hydrogen (secondary N) is 1. The summed E-state index contributed by atoms with van der Waals surface area (Å²) in [4.78, 5) is 0. The zero-order valence-corrected chi connectivity index (χ0v) is 10.5. The Balaban J connectivity index is 2.69. The van der Waals surface area contributed by atoms with Gasteiger partial charge in [0, 0.05) is 17.1 Å². The molecule has 1 aromatic rings. The van der Waals surface area contributed by atoms with E-state index in [1.54, 1.807) is 0 Å². The van der Waals surface area contributed by atoms with Gasteiger partial charge in [0.1, 0.15) is 0 Å². The summed E-state index contributed by atoms with van der Waals surface area (Å²) >= 11 is 5.87. The van der Waals surface area contributed by atoms with E-state index in [0.717, 1.165) is 17.9 Å². The van der Waals surface area contributed by atoms with Crippen molar-refractivity contribution in [2.45, 2.75) is 45.7 Å². The van der Waals surface area contributed by atoms with Crippen molar-refractivity contribution in [2.24, 2.45) is 0 Å². The summed E-state index contributed by atoms with van der Waals surface area (Å²) in [5.41, 5.74) is 1.32. The molecule has 0 aliphatic heterocycles. The van der Waals surface area contributed by atoms with E-state index >= 15 is 0 Å². The lowest BCUT2D eigenvalue weighted by atomic mass is 10.0. The van der Waals surface area contributed by atoms with Crippen molar-refractivity contribution in [3.63, 3.8) is 0 Å². The topological polar surface area (TPSA) is 12.0 Å². The molecular weight excluding hydrogens is 206 g/mol. The fraction of sp³-hybridized carbons (Fsp3) is 0.538. The Morgan fingerprint density at radius 2 is 1.73 bits per heavy atom. The van der Waals surface area contributed by atoms with Gasteiger partial charge in [0.25, 0.3) is 0 Å². The van der Waals surface area contributed by atoms with Gasteiger partial charge in [0.15, 0.2) is 0 Å². The van der Waals surface area contributed by atoms with Gasteiger partial charge < -0.3 is 5.32 Å². The van der Waals surface area contributed by atoms with Gasteiger partial charge >= 0.3 is 0 Å². The largest absolute Gasteiger partial charge is 0.307 e. The zero-order valence-electron chi connectivity index (χ0n) is 9.76. The van der Waals surface area contributed by atoms with Gasteiger partial charge in [0.2, 0.25) is 0 Å².